The first-order valence-electron chi connectivity index (χ1n) is 7.56. The molecule has 20 heavy (non-hydrogen) atoms. The SMILES string of the molecule is Nc1nc(NC2CC2)sc1C(=O)N1CCCCCCC1. The molecule has 1 saturated heterocycles. The number of thiazole rings is 1. The molecule has 6 heteroatoms. The van der Waals surface area contributed by atoms with Crippen molar-refractivity contribution in [1.82, 2.24) is 9.88 Å². The van der Waals surface area contributed by atoms with Gasteiger partial charge in [0, 0.05) is 19.1 Å². The fourth-order valence-electron chi connectivity index (χ4n) is 2.54. The Kier molecular flexibility index (Phi) is 4.10. The van der Waals surface area contributed by atoms with Gasteiger partial charge in [0.1, 0.15) is 10.7 Å². The second kappa shape index (κ2) is 5.99. The van der Waals surface area contributed by atoms with Gasteiger partial charge in [0.05, 0.1) is 0 Å². The van der Waals surface area contributed by atoms with Crippen LogP contribution in [0.4, 0.5) is 10.9 Å². The lowest BCUT2D eigenvalue weighted by molar-refractivity contribution is 0.0748. The van der Waals surface area contributed by atoms with Gasteiger partial charge in [-0.05, 0) is 25.7 Å². The van der Waals surface area contributed by atoms with E-state index in [1.54, 1.807) is 0 Å². The summed E-state index contributed by atoms with van der Waals surface area (Å²) < 4.78 is 0. The van der Waals surface area contributed by atoms with E-state index >= 15 is 0 Å². The molecular formula is C14H22N4OS. The van der Waals surface area contributed by atoms with E-state index in [0.29, 0.717) is 16.7 Å². The van der Waals surface area contributed by atoms with Crippen LogP contribution in [0.3, 0.4) is 0 Å². The van der Waals surface area contributed by atoms with Crippen LogP contribution < -0.4 is 11.1 Å². The summed E-state index contributed by atoms with van der Waals surface area (Å²) in [6.45, 7) is 1.70. The Morgan fingerprint density at radius 3 is 2.50 bits per heavy atom. The van der Waals surface area contributed by atoms with Gasteiger partial charge in [-0.15, -0.1) is 0 Å². The first-order chi connectivity index (χ1) is 9.74. The van der Waals surface area contributed by atoms with Crippen LogP contribution in [0.15, 0.2) is 0 Å². The number of anilines is 2. The number of aromatic nitrogens is 1. The zero-order valence-corrected chi connectivity index (χ0v) is 12.5. The van der Waals surface area contributed by atoms with E-state index in [1.807, 2.05) is 4.90 Å². The van der Waals surface area contributed by atoms with Gasteiger partial charge in [0.2, 0.25) is 0 Å². The Balaban J connectivity index is 1.69. The third-order valence-electron chi connectivity index (χ3n) is 3.90. The fraction of sp³-hybridized carbons (Fsp3) is 0.714. The van der Waals surface area contributed by atoms with Crippen molar-refractivity contribution in [1.29, 1.82) is 0 Å². The highest BCUT2D eigenvalue weighted by Gasteiger charge is 2.26. The molecule has 2 fully saturated rings. The molecule has 1 aliphatic heterocycles. The lowest BCUT2D eigenvalue weighted by Crippen LogP contribution is -2.33. The topological polar surface area (TPSA) is 71.2 Å². The number of nitrogens with two attached hydrogens (primary N) is 1. The van der Waals surface area contributed by atoms with Crippen LogP contribution in [0.2, 0.25) is 0 Å². The molecule has 0 unspecified atom stereocenters. The quantitative estimate of drug-likeness (QED) is 0.899. The van der Waals surface area contributed by atoms with Crippen molar-refractivity contribution >= 4 is 28.2 Å². The van der Waals surface area contributed by atoms with Crippen LogP contribution in [0.25, 0.3) is 0 Å². The summed E-state index contributed by atoms with van der Waals surface area (Å²) in [5, 5.41) is 4.11. The maximum atomic E-state index is 12.6. The highest BCUT2D eigenvalue weighted by Crippen LogP contribution is 2.31. The lowest BCUT2D eigenvalue weighted by Gasteiger charge is -2.24. The molecular weight excluding hydrogens is 272 g/mol. The summed E-state index contributed by atoms with van der Waals surface area (Å²) >= 11 is 1.40. The molecule has 0 spiro atoms. The number of nitrogen functional groups attached to an aromatic ring is 1. The zero-order chi connectivity index (χ0) is 13.9. The van der Waals surface area contributed by atoms with Crippen LogP contribution in [0, 0.1) is 0 Å². The van der Waals surface area contributed by atoms with Crippen LogP contribution >= 0.6 is 11.3 Å². The highest BCUT2D eigenvalue weighted by atomic mass is 32.1. The van der Waals surface area contributed by atoms with E-state index in [0.717, 1.165) is 31.1 Å². The molecule has 1 amide bonds. The van der Waals surface area contributed by atoms with Crippen LogP contribution in [0.1, 0.15) is 54.6 Å². The maximum Gasteiger partial charge on any atom is 0.267 e. The molecule has 1 aliphatic carbocycles. The van der Waals surface area contributed by atoms with Gasteiger partial charge in [-0.1, -0.05) is 30.6 Å². The molecule has 1 aromatic rings. The third kappa shape index (κ3) is 3.23. The third-order valence-corrected chi connectivity index (χ3v) is 4.89. The molecule has 0 radical (unpaired) electrons. The van der Waals surface area contributed by atoms with Crippen molar-refractivity contribution in [3.8, 4) is 0 Å². The molecule has 5 nitrogen and oxygen atoms in total. The predicted octanol–water partition coefficient (Wildman–Crippen LogP) is 2.71. The Hall–Kier alpha value is -1.30. The van der Waals surface area contributed by atoms with E-state index < -0.39 is 0 Å². The lowest BCUT2D eigenvalue weighted by atomic mass is 10.1. The van der Waals surface area contributed by atoms with Crippen LogP contribution in [-0.4, -0.2) is 34.9 Å². The molecule has 1 aromatic heterocycles. The first kappa shape index (κ1) is 13.7. The average molecular weight is 294 g/mol. The standard InChI is InChI=1S/C14H22N4OS/c15-12-11(20-14(17-12)16-10-6-7-10)13(19)18-8-4-2-1-3-5-9-18/h10H,1-9,15H2,(H,16,17). The van der Waals surface area contributed by atoms with E-state index in [1.165, 1.54) is 43.4 Å². The maximum absolute atomic E-state index is 12.6. The number of carbonyl (C=O) groups is 1. The van der Waals surface area contributed by atoms with Crippen molar-refractivity contribution in [2.24, 2.45) is 0 Å². The Morgan fingerprint density at radius 2 is 1.85 bits per heavy atom. The minimum Gasteiger partial charge on any atom is -0.382 e. The molecule has 3 N–H and O–H groups in total. The molecule has 2 aliphatic rings. The van der Waals surface area contributed by atoms with Crippen molar-refractivity contribution in [2.45, 2.75) is 51.0 Å². The number of hydrogen-bond donors (Lipinski definition) is 2. The summed E-state index contributed by atoms with van der Waals surface area (Å²) in [6.07, 6.45) is 8.30. The Morgan fingerprint density at radius 1 is 1.20 bits per heavy atom. The molecule has 2 heterocycles. The number of amides is 1. The number of hydrogen-bond acceptors (Lipinski definition) is 5. The normalized spacial score (nSPS) is 20.3. The van der Waals surface area contributed by atoms with E-state index in [2.05, 4.69) is 10.3 Å². The van der Waals surface area contributed by atoms with E-state index in [9.17, 15) is 4.79 Å². The van der Waals surface area contributed by atoms with Crippen molar-refractivity contribution in [3.05, 3.63) is 4.88 Å². The minimum atomic E-state index is 0.0609. The van der Waals surface area contributed by atoms with Gasteiger partial charge in [-0.2, -0.15) is 0 Å². The molecule has 0 bridgehead atoms. The predicted molar refractivity (Wildman–Crippen MR) is 82.2 cm³/mol. The largest absolute Gasteiger partial charge is 0.382 e. The van der Waals surface area contributed by atoms with Crippen molar-refractivity contribution < 1.29 is 4.79 Å². The summed E-state index contributed by atoms with van der Waals surface area (Å²) in [4.78, 5) is 19.4. The van der Waals surface area contributed by atoms with Crippen molar-refractivity contribution in [3.63, 3.8) is 0 Å². The average Bonchev–Trinajstić information content (AvgIpc) is 3.11. The second-order valence-electron chi connectivity index (χ2n) is 5.71. The van der Waals surface area contributed by atoms with Gasteiger partial charge in [-0.25, -0.2) is 4.98 Å². The smallest absolute Gasteiger partial charge is 0.267 e. The summed E-state index contributed by atoms with van der Waals surface area (Å²) in [6, 6.07) is 0.533. The van der Waals surface area contributed by atoms with E-state index in [-0.39, 0.29) is 5.91 Å². The fourth-order valence-corrected chi connectivity index (χ4v) is 3.47. The molecule has 1 saturated carbocycles. The molecule has 0 atom stereocenters. The van der Waals surface area contributed by atoms with Crippen LogP contribution in [0.5, 0.6) is 0 Å². The summed E-state index contributed by atoms with van der Waals surface area (Å²) in [5.74, 6) is 0.441. The number of carbonyl (C=O) groups excluding carboxylic acids is 1. The number of nitrogens with one attached hydrogen (secondary N) is 1. The van der Waals surface area contributed by atoms with Gasteiger partial charge in [0.15, 0.2) is 5.13 Å². The zero-order valence-electron chi connectivity index (χ0n) is 11.7. The van der Waals surface area contributed by atoms with Gasteiger partial charge < -0.3 is 16.0 Å². The van der Waals surface area contributed by atoms with E-state index in [4.69, 9.17) is 5.73 Å². The molecule has 110 valence electrons. The number of likely N-dealkylation sites (tertiary alicyclic amines) is 1. The molecule has 0 aromatic carbocycles. The number of rotatable bonds is 3. The summed E-state index contributed by atoms with van der Waals surface area (Å²) in [5.41, 5.74) is 5.93. The monoisotopic (exact) mass is 294 g/mol. The number of nitrogens with zero attached hydrogens (tertiary/aromatic N) is 2. The highest BCUT2D eigenvalue weighted by molar-refractivity contribution is 7.18. The van der Waals surface area contributed by atoms with Gasteiger partial charge >= 0.3 is 0 Å². The minimum absolute atomic E-state index is 0.0609. The summed E-state index contributed by atoms with van der Waals surface area (Å²) in [7, 11) is 0. The first-order valence-corrected chi connectivity index (χ1v) is 8.38. The Bertz CT molecular complexity index is 476. The van der Waals surface area contributed by atoms with Gasteiger partial charge in [-0.3, -0.25) is 4.79 Å². The van der Waals surface area contributed by atoms with Gasteiger partial charge in [0.25, 0.3) is 5.91 Å². The molecule has 3 rings (SSSR count). The second-order valence-corrected chi connectivity index (χ2v) is 6.71. The van der Waals surface area contributed by atoms with Crippen LogP contribution in [-0.2, 0) is 0 Å². The van der Waals surface area contributed by atoms with Crippen molar-refractivity contribution in [2.75, 3.05) is 24.1 Å². The Labute approximate surface area is 123 Å².